The molecule has 0 atom stereocenters. The molecule has 1 heterocycles. The lowest BCUT2D eigenvalue weighted by molar-refractivity contribution is -0.917. The minimum Gasteiger partial charge on any atom is -0.493 e. The summed E-state index contributed by atoms with van der Waals surface area (Å²) in [6.07, 6.45) is 0.641. The number of piperazine rings is 1. The first kappa shape index (κ1) is 19.4. The second-order valence-corrected chi connectivity index (χ2v) is 6.94. The lowest BCUT2D eigenvalue weighted by atomic mass is 10.1. The summed E-state index contributed by atoms with van der Waals surface area (Å²) >= 11 is 0. The van der Waals surface area contributed by atoms with Crippen molar-refractivity contribution in [2.75, 3.05) is 47.5 Å². The molecule has 6 nitrogen and oxygen atoms in total. The molecule has 1 aromatic rings. The van der Waals surface area contributed by atoms with Gasteiger partial charge in [0.2, 0.25) is 11.7 Å². The molecule has 0 aliphatic carbocycles. The van der Waals surface area contributed by atoms with Gasteiger partial charge in [-0.15, -0.1) is 0 Å². The minimum absolute atomic E-state index is 0.279. The number of nitrogens with one attached hydrogen (secondary N) is 1. The van der Waals surface area contributed by atoms with Crippen LogP contribution in [0, 0.1) is 5.92 Å². The third-order valence-corrected chi connectivity index (χ3v) is 4.58. The summed E-state index contributed by atoms with van der Waals surface area (Å²) in [6.45, 7) is 8.62. The average molecular weight is 351 g/mol. The number of nitrogens with zero attached hydrogens (tertiary/aromatic N) is 1. The fraction of sp³-hybridized carbons (Fsp3) is 0.632. The highest BCUT2D eigenvalue weighted by molar-refractivity contribution is 5.76. The van der Waals surface area contributed by atoms with Crippen molar-refractivity contribution < 1.29 is 23.9 Å². The number of methoxy groups -OCH3 is 3. The minimum atomic E-state index is 0.279. The van der Waals surface area contributed by atoms with Gasteiger partial charge in [0.15, 0.2) is 11.5 Å². The standard InChI is InChI=1S/C19H30N2O4/c1-14(2)10-18(22)21-8-6-20(7-9-21)13-15-11-16(23-3)19(25-5)17(12-15)24-4/h11-12,14H,6-10,13H2,1-5H3/p+1. The van der Waals surface area contributed by atoms with E-state index in [9.17, 15) is 4.79 Å². The van der Waals surface area contributed by atoms with Gasteiger partial charge in [-0.3, -0.25) is 4.79 Å². The van der Waals surface area contributed by atoms with Crippen LogP contribution in [0.4, 0.5) is 0 Å². The summed E-state index contributed by atoms with van der Waals surface area (Å²) in [5.74, 6) is 2.68. The van der Waals surface area contributed by atoms with Crippen molar-refractivity contribution >= 4 is 5.91 Å². The van der Waals surface area contributed by atoms with Crippen LogP contribution in [0.1, 0.15) is 25.8 Å². The number of quaternary nitrogens is 1. The molecule has 0 aromatic heterocycles. The first-order valence-corrected chi connectivity index (χ1v) is 8.88. The summed E-state index contributed by atoms with van der Waals surface area (Å²) < 4.78 is 16.2. The Kier molecular flexibility index (Phi) is 6.93. The van der Waals surface area contributed by atoms with E-state index in [4.69, 9.17) is 14.2 Å². The summed E-state index contributed by atoms with van der Waals surface area (Å²) in [4.78, 5) is 15.6. The van der Waals surface area contributed by atoms with Gasteiger partial charge in [-0.2, -0.15) is 0 Å². The fourth-order valence-electron chi connectivity index (χ4n) is 3.25. The zero-order valence-electron chi connectivity index (χ0n) is 16.1. The van der Waals surface area contributed by atoms with E-state index >= 15 is 0 Å². The van der Waals surface area contributed by atoms with Crippen molar-refractivity contribution in [3.8, 4) is 17.2 Å². The largest absolute Gasteiger partial charge is 0.493 e. The third kappa shape index (κ3) is 5.01. The molecular weight excluding hydrogens is 320 g/mol. The maximum absolute atomic E-state index is 12.2. The van der Waals surface area contributed by atoms with E-state index in [1.165, 1.54) is 4.90 Å². The molecule has 0 unspecified atom stereocenters. The van der Waals surface area contributed by atoms with Crippen LogP contribution in [0.3, 0.4) is 0 Å². The van der Waals surface area contributed by atoms with Gasteiger partial charge in [0.25, 0.3) is 0 Å². The maximum Gasteiger partial charge on any atom is 0.223 e. The van der Waals surface area contributed by atoms with Gasteiger partial charge in [0.1, 0.15) is 6.54 Å². The van der Waals surface area contributed by atoms with Gasteiger partial charge in [0.05, 0.1) is 47.5 Å². The molecule has 1 aliphatic heterocycles. The number of benzene rings is 1. The van der Waals surface area contributed by atoms with E-state index in [0.717, 1.165) is 38.3 Å². The highest BCUT2D eigenvalue weighted by Crippen LogP contribution is 2.37. The number of carbonyl (C=O) groups is 1. The van der Waals surface area contributed by atoms with Crippen LogP contribution in [-0.2, 0) is 11.3 Å². The highest BCUT2D eigenvalue weighted by atomic mass is 16.5. The first-order chi connectivity index (χ1) is 12.0. The molecule has 6 heteroatoms. The summed E-state index contributed by atoms with van der Waals surface area (Å²) in [6, 6.07) is 4.01. The van der Waals surface area contributed by atoms with Gasteiger partial charge < -0.3 is 24.0 Å². The zero-order valence-corrected chi connectivity index (χ0v) is 16.1. The Bertz CT molecular complexity index is 556. The molecule has 25 heavy (non-hydrogen) atoms. The molecule has 1 aromatic carbocycles. The van der Waals surface area contributed by atoms with Crippen LogP contribution < -0.4 is 19.1 Å². The summed E-state index contributed by atoms with van der Waals surface area (Å²) in [5.41, 5.74) is 1.14. The van der Waals surface area contributed by atoms with E-state index < -0.39 is 0 Å². The maximum atomic E-state index is 12.2. The predicted molar refractivity (Wildman–Crippen MR) is 96.5 cm³/mol. The van der Waals surface area contributed by atoms with Crippen molar-refractivity contribution in [1.82, 2.24) is 4.90 Å². The first-order valence-electron chi connectivity index (χ1n) is 8.88. The Labute approximate surface area is 150 Å². The van der Waals surface area contributed by atoms with Gasteiger partial charge >= 0.3 is 0 Å². The summed E-state index contributed by atoms with van der Waals surface area (Å²) in [7, 11) is 4.87. The van der Waals surface area contributed by atoms with Gasteiger partial charge in [-0.1, -0.05) is 13.8 Å². The molecule has 0 spiro atoms. The molecule has 2 rings (SSSR count). The van der Waals surface area contributed by atoms with Gasteiger partial charge in [0, 0.05) is 12.0 Å². The monoisotopic (exact) mass is 351 g/mol. The van der Waals surface area contributed by atoms with Crippen LogP contribution in [0.15, 0.2) is 12.1 Å². The number of hydrogen-bond donors (Lipinski definition) is 1. The van der Waals surface area contributed by atoms with Crippen LogP contribution in [-0.4, -0.2) is 58.3 Å². The third-order valence-electron chi connectivity index (χ3n) is 4.58. The van der Waals surface area contributed by atoms with Gasteiger partial charge in [-0.25, -0.2) is 0 Å². The second-order valence-electron chi connectivity index (χ2n) is 6.94. The number of rotatable bonds is 7. The van der Waals surface area contributed by atoms with Crippen molar-refractivity contribution in [3.05, 3.63) is 17.7 Å². The Balaban J connectivity index is 1.99. The Morgan fingerprint density at radius 1 is 1.08 bits per heavy atom. The van der Waals surface area contributed by atoms with Crippen molar-refractivity contribution in [1.29, 1.82) is 0 Å². The van der Waals surface area contributed by atoms with Crippen LogP contribution in [0.5, 0.6) is 17.2 Å². The topological polar surface area (TPSA) is 52.4 Å². The van der Waals surface area contributed by atoms with Crippen LogP contribution >= 0.6 is 0 Å². The van der Waals surface area contributed by atoms with Crippen LogP contribution in [0.2, 0.25) is 0 Å². The Morgan fingerprint density at radius 3 is 2.08 bits per heavy atom. The highest BCUT2D eigenvalue weighted by Gasteiger charge is 2.25. The molecule has 140 valence electrons. The van der Waals surface area contributed by atoms with Crippen LogP contribution in [0.25, 0.3) is 0 Å². The van der Waals surface area contributed by atoms with E-state index in [0.29, 0.717) is 29.6 Å². The molecule has 1 aliphatic rings. The van der Waals surface area contributed by atoms with Crippen molar-refractivity contribution in [2.45, 2.75) is 26.8 Å². The van der Waals surface area contributed by atoms with E-state index in [1.807, 2.05) is 17.0 Å². The number of carbonyl (C=O) groups excluding carboxylic acids is 1. The molecule has 1 amide bonds. The number of hydrogen-bond acceptors (Lipinski definition) is 4. The van der Waals surface area contributed by atoms with Crippen molar-refractivity contribution in [2.24, 2.45) is 5.92 Å². The van der Waals surface area contributed by atoms with E-state index in [-0.39, 0.29) is 5.91 Å². The smallest absolute Gasteiger partial charge is 0.223 e. The molecular formula is C19H31N2O4+. The fourth-order valence-corrected chi connectivity index (χ4v) is 3.25. The van der Waals surface area contributed by atoms with Crippen molar-refractivity contribution in [3.63, 3.8) is 0 Å². The average Bonchev–Trinajstić information content (AvgIpc) is 2.60. The quantitative estimate of drug-likeness (QED) is 0.796. The molecule has 1 saturated heterocycles. The lowest BCUT2D eigenvalue weighted by Gasteiger charge is -2.32. The molecule has 1 N–H and O–H groups in total. The normalized spacial score (nSPS) is 15.4. The number of amides is 1. The summed E-state index contributed by atoms with van der Waals surface area (Å²) in [5, 5.41) is 0. The predicted octanol–water partition coefficient (Wildman–Crippen LogP) is 0.986. The van der Waals surface area contributed by atoms with Gasteiger partial charge in [-0.05, 0) is 18.1 Å². The van der Waals surface area contributed by atoms with E-state index in [2.05, 4.69) is 13.8 Å². The molecule has 0 bridgehead atoms. The number of ether oxygens (including phenoxy) is 3. The molecule has 0 saturated carbocycles. The lowest BCUT2D eigenvalue weighted by Crippen LogP contribution is -3.13. The Hall–Kier alpha value is -1.95. The molecule has 1 fully saturated rings. The zero-order chi connectivity index (χ0) is 18.4. The second kappa shape index (κ2) is 8.94. The van der Waals surface area contributed by atoms with E-state index in [1.54, 1.807) is 21.3 Å². The SMILES string of the molecule is COc1cc(C[NH+]2CCN(C(=O)CC(C)C)CC2)cc(OC)c1OC. The molecule has 0 radical (unpaired) electrons. The Morgan fingerprint density at radius 2 is 1.64 bits per heavy atom.